The molecule has 1 fully saturated rings. The van der Waals surface area contributed by atoms with Crippen molar-refractivity contribution in [1.29, 1.82) is 0 Å². The van der Waals surface area contributed by atoms with E-state index in [0.717, 1.165) is 30.1 Å². The van der Waals surface area contributed by atoms with Crippen molar-refractivity contribution in [3.05, 3.63) is 54.2 Å². The summed E-state index contributed by atoms with van der Waals surface area (Å²) in [7, 11) is 0. The average molecular weight is 438 g/mol. The number of aromatic nitrogens is 3. The van der Waals surface area contributed by atoms with Crippen LogP contribution in [0, 0.1) is 0 Å². The highest BCUT2D eigenvalue weighted by molar-refractivity contribution is 7.99. The van der Waals surface area contributed by atoms with Gasteiger partial charge in [-0.2, -0.15) is 0 Å². The number of thioether (sulfide) groups is 1. The van der Waals surface area contributed by atoms with Gasteiger partial charge in [0.25, 0.3) is 0 Å². The van der Waals surface area contributed by atoms with E-state index in [4.69, 9.17) is 4.42 Å². The molecule has 2 aromatic heterocycles. The van der Waals surface area contributed by atoms with Crippen LogP contribution in [0.25, 0.3) is 0 Å². The lowest BCUT2D eigenvalue weighted by molar-refractivity contribution is -0.117. The fraction of sp³-hybridized carbons (Fsp3) is 0.364. The van der Waals surface area contributed by atoms with Crippen LogP contribution in [0.2, 0.25) is 0 Å². The molecular weight excluding hydrogens is 414 g/mol. The minimum absolute atomic E-state index is 0.0676. The van der Waals surface area contributed by atoms with E-state index < -0.39 is 0 Å². The standard InChI is InChI=1S/C22H23N5O3S/c1-14-11-19(28)23-17-6-2-3-7-18(17)27(14)20(29)13-31-22-25-24-21(15-8-9-15)26(22)12-16-5-4-10-30-16/h2-7,10,14-15H,8-9,11-13H2,1H3,(H,23,28). The first kappa shape index (κ1) is 19.9. The Hall–Kier alpha value is -3.07. The normalized spacial score (nSPS) is 18.4. The van der Waals surface area contributed by atoms with Crippen LogP contribution in [-0.4, -0.2) is 38.4 Å². The molecule has 1 atom stereocenters. The van der Waals surface area contributed by atoms with Crippen molar-refractivity contribution < 1.29 is 14.0 Å². The molecule has 2 amide bonds. The molecule has 1 aromatic carbocycles. The predicted molar refractivity (Wildman–Crippen MR) is 117 cm³/mol. The van der Waals surface area contributed by atoms with Gasteiger partial charge in [-0.25, -0.2) is 0 Å². The number of nitrogens with zero attached hydrogens (tertiary/aromatic N) is 4. The highest BCUT2D eigenvalue weighted by Crippen LogP contribution is 2.40. The highest BCUT2D eigenvalue weighted by atomic mass is 32.2. The van der Waals surface area contributed by atoms with Gasteiger partial charge in [0, 0.05) is 18.4 Å². The van der Waals surface area contributed by atoms with E-state index >= 15 is 0 Å². The molecule has 0 spiro atoms. The Morgan fingerprint density at radius 2 is 2.06 bits per heavy atom. The van der Waals surface area contributed by atoms with Gasteiger partial charge in [-0.05, 0) is 44.0 Å². The zero-order valence-corrected chi connectivity index (χ0v) is 18.0. The largest absolute Gasteiger partial charge is 0.467 e. The number of rotatable bonds is 6. The van der Waals surface area contributed by atoms with Crippen LogP contribution in [0.3, 0.4) is 0 Å². The molecule has 8 nitrogen and oxygen atoms in total. The third-order valence-electron chi connectivity index (χ3n) is 5.53. The molecule has 2 aliphatic rings. The fourth-order valence-electron chi connectivity index (χ4n) is 3.92. The fourth-order valence-corrected chi connectivity index (χ4v) is 4.73. The molecule has 1 aliphatic carbocycles. The number of amides is 2. The summed E-state index contributed by atoms with van der Waals surface area (Å²) in [5, 5.41) is 12.4. The number of hydrogen-bond acceptors (Lipinski definition) is 6. The molecular formula is C22H23N5O3S. The predicted octanol–water partition coefficient (Wildman–Crippen LogP) is 3.65. The summed E-state index contributed by atoms with van der Waals surface area (Å²) in [4.78, 5) is 27.2. The second kappa shape index (κ2) is 8.22. The number of nitrogens with one attached hydrogen (secondary N) is 1. The Kier molecular flexibility index (Phi) is 5.27. The van der Waals surface area contributed by atoms with E-state index in [-0.39, 0.29) is 30.0 Å². The minimum Gasteiger partial charge on any atom is -0.467 e. The number of para-hydroxylation sites is 2. The van der Waals surface area contributed by atoms with Crippen molar-refractivity contribution >= 4 is 35.0 Å². The van der Waals surface area contributed by atoms with Crippen LogP contribution in [0.15, 0.2) is 52.2 Å². The summed E-state index contributed by atoms with van der Waals surface area (Å²) < 4.78 is 7.57. The molecule has 0 radical (unpaired) electrons. The smallest absolute Gasteiger partial charge is 0.237 e. The molecule has 5 rings (SSSR count). The molecule has 1 aliphatic heterocycles. The number of fused-ring (bicyclic) bond motifs is 1. The van der Waals surface area contributed by atoms with Gasteiger partial charge >= 0.3 is 0 Å². The summed E-state index contributed by atoms with van der Waals surface area (Å²) in [6, 6.07) is 11.0. The van der Waals surface area contributed by atoms with Gasteiger partial charge in [0.15, 0.2) is 5.16 Å². The van der Waals surface area contributed by atoms with E-state index in [0.29, 0.717) is 23.3 Å². The van der Waals surface area contributed by atoms with Crippen molar-refractivity contribution in [2.24, 2.45) is 0 Å². The molecule has 3 heterocycles. The van der Waals surface area contributed by atoms with E-state index in [1.165, 1.54) is 11.8 Å². The van der Waals surface area contributed by atoms with Gasteiger partial charge in [-0.1, -0.05) is 23.9 Å². The van der Waals surface area contributed by atoms with Crippen molar-refractivity contribution in [1.82, 2.24) is 14.8 Å². The van der Waals surface area contributed by atoms with Crippen molar-refractivity contribution in [2.45, 2.75) is 49.8 Å². The quantitative estimate of drug-likeness (QED) is 0.592. The summed E-state index contributed by atoms with van der Waals surface area (Å²) in [5.41, 5.74) is 1.38. The van der Waals surface area contributed by atoms with Gasteiger partial charge in [-0.3, -0.25) is 14.2 Å². The molecule has 9 heteroatoms. The molecule has 1 unspecified atom stereocenters. The van der Waals surface area contributed by atoms with Crippen LogP contribution in [-0.2, 0) is 16.1 Å². The van der Waals surface area contributed by atoms with E-state index in [9.17, 15) is 9.59 Å². The third-order valence-corrected chi connectivity index (χ3v) is 6.49. The van der Waals surface area contributed by atoms with Crippen LogP contribution < -0.4 is 10.2 Å². The molecule has 31 heavy (non-hydrogen) atoms. The molecule has 1 saturated carbocycles. The third kappa shape index (κ3) is 4.10. The lowest BCUT2D eigenvalue weighted by Crippen LogP contribution is -2.40. The maximum absolute atomic E-state index is 13.3. The number of carbonyl (C=O) groups excluding carboxylic acids is 2. The lowest BCUT2D eigenvalue weighted by atomic mass is 10.2. The van der Waals surface area contributed by atoms with Gasteiger partial charge in [0.2, 0.25) is 11.8 Å². The topological polar surface area (TPSA) is 93.3 Å². The summed E-state index contributed by atoms with van der Waals surface area (Å²) in [5.74, 6) is 2.26. The molecule has 0 bridgehead atoms. The molecule has 1 N–H and O–H groups in total. The van der Waals surface area contributed by atoms with Gasteiger partial charge in [0.05, 0.1) is 29.9 Å². The van der Waals surface area contributed by atoms with Gasteiger partial charge in [-0.15, -0.1) is 10.2 Å². The first-order chi connectivity index (χ1) is 15.1. The van der Waals surface area contributed by atoms with Gasteiger partial charge < -0.3 is 14.6 Å². The van der Waals surface area contributed by atoms with E-state index in [2.05, 4.69) is 20.1 Å². The second-order valence-electron chi connectivity index (χ2n) is 7.95. The van der Waals surface area contributed by atoms with Crippen LogP contribution in [0.5, 0.6) is 0 Å². The molecule has 3 aromatic rings. The lowest BCUT2D eigenvalue weighted by Gasteiger charge is -2.27. The first-order valence-corrected chi connectivity index (χ1v) is 11.4. The van der Waals surface area contributed by atoms with Crippen molar-refractivity contribution in [3.63, 3.8) is 0 Å². The molecule has 0 saturated heterocycles. The van der Waals surface area contributed by atoms with E-state index in [1.807, 2.05) is 43.3 Å². The molecule has 160 valence electrons. The number of furan rings is 1. The zero-order chi connectivity index (χ0) is 21.4. The average Bonchev–Trinajstić information content (AvgIpc) is 3.35. The Balaban J connectivity index is 1.37. The second-order valence-corrected chi connectivity index (χ2v) is 8.89. The number of carbonyl (C=O) groups is 2. The van der Waals surface area contributed by atoms with E-state index in [1.54, 1.807) is 11.2 Å². The summed E-state index contributed by atoms with van der Waals surface area (Å²) >= 11 is 1.37. The Bertz CT molecular complexity index is 1110. The van der Waals surface area contributed by atoms with Crippen molar-refractivity contribution in [3.8, 4) is 0 Å². The SMILES string of the molecule is CC1CC(=O)Nc2ccccc2N1C(=O)CSc1nnc(C2CC2)n1Cc1ccco1. The zero-order valence-electron chi connectivity index (χ0n) is 17.2. The Morgan fingerprint density at radius 3 is 2.84 bits per heavy atom. The number of benzene rings is 1. The number of hydrogen-bond donors (Lipinski definition) is 1. The maximum atomic E-state index is 13.3. The maximum Gasteiger partial charge on any atom is 0.237 e. The Morgan fingerprint density at radius 1 is 1.23 bits per heavy atom. The summed E-state index contributed by atoms with van der Waals surface area (Å²) in [6.07, 6.45) is 4.14. The highest BCUT2D eigenvalue weighted by Gasteiger charge is 2.32. The Labute approximate surface area is 184 Å². The minimum atomic E-state index is -0.236. The first-order valence-electron chi connectivity index (χ1n) is 10.4. The van der Waals surface area contributed by atoms with Crippen LogP contribution in [0.4, 0.5) is 11.4 Å². The monoisotopic (exact) mass is 437 g/mol. The number of anilines is 2. The summed E-state index contributed by atoms with van der Waals surface area (Å²) in [6.45, 7) is 2.44. The van der Waals surface area contributed by atoms with Gasteiger partial charge in [0.1, 0.15) is 11.6 Å². The van der Waals surface area contributed by atoms with Crippen LogP contribution in [0.1, 0.15) is 43.7 Å². The van der Waals surface area contributed by atoms with Crippen molar-refractivity contribution in [2.75, 3.05) is 16.0 Å². The van der Waals surface area contributed by atoms with Crippen LogP contribution >= 0.6 is 11.8 Å².